The summed E-state index contributed by atoms with van der Waals surface area (Å²) in [5, 5.41) is 12.5. The van der Waals surface area contributed by atoms with Gasteiger partial charge in [0.2, 0.25) is 0 Å². The number of ether oxygens (including phenoxy) is 1. The molecule has 3 nitrogen and oxygen atoms in total. The molecule has 1 aliphatic carbocycles. The van der Waals surface area contributed by atoms with Crippen LogP contribution in [0, 0.1) is 18.3 Å². The molecule has 0 amide bonds. The number of nitrogens with one attached hydrogen (secondary N) is 1. The highest BCUT2D eigenvalue weighted by Gasteiger charge is 2.17. The average molecular weight is 257 g/mol. The van der Waals surface area contributed by atoms with Crippen molar-refractivity contribution in [3.8, 4) is 18.1 Å². The van der Waals surface area contributed by atoms with E-state index in [-0.39, 0.29) is 6.61 Å². The normalized spacial score (nSPS) is 21.3. The topological polar surface area (TPSA) is 41.5 Å². The Bertz CT molecular complexity index is 459. The van der Waals surface area contributed by atoms with Gasteiger partial charge in [-0.1, -0.05) is 30.2 Å². The van der Waals surface area contributed by atoms with Gasteiger partial charge in [0.25, 0.3) is 0 Å². The molecule has 100 valence electrons. The van der Waals surface area contributed by atoms with E-state index in [9.17, 15) is 0 Å². The summed E-state index contributed by atoms with van der Waals surface area (Å²) in [5.74, 6) is 3.54. The predicted molar refractivity (Wildman–Crippen MR) is 75.7 cm³/mol. The first-order valence-electron chi connectivity index (χ1n) is 6.49. The maximum Gasteiger partial charge on any atom is 0.148 e. The molecule has 2 rings (SSSR count). The fourth-order valence-electron chi connectivity index (χ4n) is 2.14. The number of hydrogen-bond acceptors (Lipinski definition) is 3. The van der Waals surface area contributed by atoms with E-state index in [1.165, 1.54) is 5.56 Å². The Morgan fingerprint density at radius 1 is 1.32 bits per heavy atom. The first-order chi connectivity index (χ1) is 9.31. The van der Waals surface area contributed by atoms with E-state index in [4.69, 9.17) is 16.3 Å². The van der Waals surface area contributed by atoms with Crippen molar-refractivity contribution in [2.75, 3.05) is 13.2 Å². The Balaban J connectivity index is 1.77. The summed E-state index contributed by atoms with van der Waals surface area (Å²) in [7, 11) is 0. The highest BCUT2D eigenvalue weighted by atomic mass is 16.5. The molecular formula is C16H19NO2. The summed E-state index contributed by atoms with van der Waals surface area (Å²) in [6.45, 7) is 1.34. The zero-order valence-electron chi connectivity index (χ0n) is 10.9. The summed E-state index contributed by atoms with van der Waals surface area (Å²) in [6.07, 6.45) is 10.3. The molecule has 3 heteroatoms. The third kappa shape index (κ3) is 4.13. The molecule has 1 aromatic rings. The zero-order valence-corrected chi connectivity index (χ0v) is 10.9. The van der Waals surface area contributed by atoms with Crippen LogP contribution in [0.2, 0.25) is 0 Å². The monoisotopic (exact) mass is 257 g/mol. The molecule has 2 N–H and O–H groups in total. The van der Waals surface area contributed by atoms with E-state index in [0.29, 0.717) is 18.6 Å². The average Bonchev–Trinajstić information content (AvgIpc) is 2.92. The van der Waals surface area contributed by atoms with E-state index >= 15 is 0 Å². The van der Waals surface area contributed by atoms with E-state index in [0.717, 1.165) is 18.7 Å². The highest BCUT2D eigenvalue weighted by molar-refractivity contribution is 5.27. The van der Waals surface area contributed by atoms with Crippen LogP contribution < -0.4 is 10.1 Å². The fourth-order valence-corrected chi connectivity index (χ4v) is 2.14. The second kappa shape index (κ2) is 6.98. The maximum absolute atomic E-state index is 9.06. The molecule has 0 spiro atoms. The molecule has 0 saturated heterocycles. The van der Waals surface area contributed by atoms with Gasteiger partial charge in [0.05, 0.1) is 0 Å². The first kappa shape index (κ1) is 13.7. The SMILES string of the molecule is C#CCOc1ccc(CN[C@@H]2C=C[C@H](CO)C2)cc1. The molecule has 19 heavy (non-hydrogen) atoms. The van der Waals surface area contributed by atoms with Crippen molar-refractivity contribution in [2.24, 2.45) is 5.92 Å². The molecule has 0 unspecified atom stereocenters. The number of hydrogen-bond donors (Lipinski definition) is 2. The van der Waals surface area contributed by atoms with Gasteiger partial charge in [-0.3, -0.25) is 0 Å². The second-order valence-electron chi connectivity index (χ2n) is 4.69. The van der Waals surface area contributed by atoms with E-state index in [1.807, 2.05) is 24.3 Å². The minimum atomic E-state index is 0.232. The van der Waals surface area contributed by atoms with Gasteiger partial charge in [-0.25, -0.2) is 0 Å². The molecule has 0 saturated carbocycles. The van der Waals surface area contributed by atoms with Crippen molar-refractivity contribution in [1.82, 2.24) is 5.32 Å². The zero-order chi connectivity index (χ0) is 13.5. The Hall–Kier alpha value is -1.76. The summed E-state index contributed by atoms with van der Waals surface area (Å²) in [4.78, 5) is 0. The van der Waals surface area contributed by atoms with Crippen LogP contribution in [0.15, 0.2) is 36.4 Å². The molecule has 0 heterocycles. The third-order valence-corrected chi connectivity index (χ3v) is 3.22. The Labute approximate surface area is 114 Å². The van der Waals surface area contributed by atoms with Crippen LogP contribution in [0.25, 0.3) is 0 Å². The van der Waals surface area contributed by atoms with Crippen LogP contribution in [0.3, 0.4) is 0 Å². The van der Waals surface area contributed by atoms with Crippen molar-refractivity contribution in [3.63, 3.8) is 0 Å². The molecule has 0 fully saturated rings. The van der Waals surface area contributed by atoms with Crippen LogP contribution >= 0.6 is 0 Å². The van der Waals surface area contributed by atoms with Crippen LogP contribution in [0.4, 0.5) is 0 Å². The number of terminal acetylenes is 1. The predicted octanol–water partition coefficient (Wildman–Crippen LogP) is 1.73. The van der Waals surface area contributed by atoms with Gasteiger partial charge < -0.3 is 15.2 Å². The fraction of sp³-hybridized carbons (Fsp3) is 0.375. The van der Waals surface area contributed by atoms with Gasteiger partial charge in [-0.05, 0) is 24.1 Å². The molecule has 0 bridgehead atoms. The lowest BCUT2D eigenvalue weighted by molar-refractivity contribution is 0.246. The van der Waals surface area contributed by atoms with Crippen LogP contribution in [0.5, 0.6) is 5.75 Å². The van der Waals surface area contributed by atoms with Crippen molar-refractivity contribution in [2.45, 2.75) is 19.0 Å². The second-order valence-corrected chi connectivity index (χ2v) is 4.69. The van der Waals surface area contributed by atoms with Crippen LogP contribution in [-0.4, -0.2) is 24.4 Å². The number of rotatable bonds is 6. The molecular weight excluding hydrogens is 238 g/mol. The third-order valence-electron chi connectivity index (χ3n) is 3.22. The lowest BCUT2D eigenvalue weighted by Gasteiger charge is -2.13. The smallest absolute Gasteiger partial charge is 0.148 e. The standard InChI is InChI=1S/C16H19NO2/c1-2-9-19-16-7-4-13(5-8-16)11-17-15-6-3-14(10-15)12-18/h1,3-8,14-15,17-18H,9-12H2/t14-,15+/m0/s1. The Kier molecular flexibility index (Phi) is 5.02. The van der Waals surface area contributed by atoms with Crippen molar-refractivity contribution < 1.29 is 9.84 Å². The lowest BCUT2D eigenvalue weighted by Crippen LogP contribution is -2.26. The van der Waals surface area contributed by atoms with Gasteiger partial charge in [-0.15, -0.1) is 6.42 Å². The molecule has 1 aliphatic rings. The largest absolute Gasteiger partial charge is 0.481 e. The number of aliphatic hydroxyl groups is 1. The van der Waals surface area contributed by atoms with Crippen LogP contribution in [0.1, 0.15) is 12.0 Å². The number of benzene rings is 1. The first-order valence-corrected chi connectivity index (χ1v) is 6.49. The number of aliphatic hydroxyl groups excluding tert-OH is 1. The van der Waals surface area contributed by atoms with Crippen molar-refractivity contribution in [3.05, 3.63) is 42.0 Å². The Morgan fingerprint density at radius 3 is 2.74 bits per heavy atom. The van der Waals surface area contributed by atoms with E-state index in [1.54, 1.807) is 0 Å². The van der Waals surface area contributed by atoms with Gasteiger partial charge in [0.15, 0.2) is 0 Å². The van der Waals surface area contributed by atoms with Crippen LogP contribution in [-0.2, 0) is 6.54 Å². The summed E-state index contributed by atoms with van der Waals surface area (Å²) >= 11 is 0. The van der Waals surface area contributed by atoms with Crippen molar-refractivity contribution in [1.29, 1.82) is 0 Å². The van der Waals surface area contributed by atoms with Gasteiger partial charge >= 0.3 is 0 Å². The quantitative estimate of drug-likeness (QED) is 0.602. The molecule has 1 aromatic carbocycles. The summed E-state index contributed by atoms with van der Waals surface area (Å²) in [5.41, 5.74) is 1.20. The van der Waals surface area contributed by atoms with Crippen molar-refractivity contribution >= 4 is 0 Å². The van der Waals surface area contributed by atoms with Gasteiger partial charge in [0, 0.05) is 25.1 Å². The summed E-state index contributed by atoms with van der Waals surface area (Å²) in [6, 6.07) is 8.27. The molecule has 0 aliphatic heterocycles. The maximum atomic E-state index is 9.06. The molecule has 2 atom stereocenters. The van der Waals surface area contributed by atoms with E-state index in [2.05, 4.69) is 23.4 Å². The molecule has 0 aromatic heterocycles. The summed E-state index contributed by atoms with van der Waals surface area (Å²) < 4.78 is 5.32. The van der Waals surface area contributed by atoms with Gasteiger partial charge in [0.1, 0.15) is 12.4 Å². The Morgan fingerprint density at radius 2 is 2.11 bits per heavy atom. The van der Waals surface area contributed by atoms with E-state index < -0.39 is 0 Å². The minimum absolute atomic E-state index is 0.232. The minimum Gasteiger partial charge on any atom is -0.481 e. The highest BCUT2D eigenvalue weighted by Crippen LogP contribution is 2.18. The lowest BCUT2D eigenvalue weighted by atomic mass is 10.1. The molecule has 0 radical (unpaired) electrons. The van der Waals surface area contributed by atoms with Gasteiger partial charge in [-0.2, -0.15) is 0 Å².